The fourth-order valence-corrected chi connectivity index (χ4v) is 2.40. The van der Waals surface area contributed by atoms with Gasteiger partial charge < -0.3 is 9.80 Å². The van der Waals surface area contributed by atoms with Crippen LogP contribution in [0.1, 0.15) is 33.6 Å². The van der Waals surface area contributed by atoms with E-state index in [4.69, 9.17) is 0 Å². The minimum Gasteiger partial charge on any atom is -0.345 e. The van der Waals surface area contributed by atoms with Gasteiger partial charge in [-0.15, -0.1) is 0 Å². The summed E-state index contributed by atoms with van der Waals surface area (Å²) in [4.78, 5) is 16.2. The van der Waals surface area contributed by atoms with Gasteiger partial charge in [0.05, 0.1) is 0 Å². The first-order chi connectivity index (χ1) is 7.54. The molecule has 0 aromatic carbocycles. The predicted octanol–water partition coefficient (Wildman–Crippen LogP) is 1.83. The van der Waals surface area contributed by atoms with Gasteiger partial charge in [-0.25, -0.2) is 0 Å². The topological polar surface area (TPSA) is 23.6 Å². The maximum atomic E-state index is 11.8. The van der Waals surface area contributed by atoms with E-state index in [1.807, 2.05) is 25.8 Å². The molecule has 1 aliphatic rings. The first-order valence-electron chi connectivity index (χ1n) is 6.52. The molecule has 0 saturated carbocycles. The zero-order chi connectivity index (χ0) is 12.1. The number of amides is 1. The zero-order valence-corrected chi connectivity index (χ0v) is 11.2. The largest absolute Gasteiger partial charge is 0.345 e. The molecule has 1 rings (SSSR count). The highest BCUT2D eigenvalue weighted by molar-refractivity contribution is 5.77. The molecule has 3 nitrogen and oxygen atoms in total. The van der Waals surface area contributed by atoms with E-state index in [2.05, 4.69) is 11.8 Å². The number of hydrogen-bond donors (Lipinski definition) is 0. The van der Waals surface area contributed by atoms with E-state index in [-0.39, 0.29) is 11.8 Å². The van der Waals surface area contributed by atoms with Crippen LogP contribution in [0.5, 0.6) is 0 Å². The van der Waals surface area contributed by atoms with E-state index < -0.39 is 0 Å². The monoisotopic (exact) mass is 226 g/mol. The van der Waals surface area contributed by atoms with Crippen LogP contribution in [-0.4, -0.2) is 48.9 Å². The van der Waals surface area contributed by atoms with E-state index in [0.717, 1.165) is 13.1 Å². The van der Waals surface area contributed by atoms with Crippen molar-refractivity contribution in [3.8, 4) is 0 Å². The Bertz CT molecular complexity index is 220. The molecule has 94 valence electrons. The van der Waals surface area contributed by atoms with Crippen LogP contribution in [-0.2, 0) is 4.79 Å². The summed E-state index contributed by atoms with van der Waals surface area (Å²) >= 11 is 0. The van der Waals surface area contributed by atoms with E-state index in [1.54, 1.807) is 0 Å². The molecule has 1 fully saturated rings. The van der Waals surface area contributed by atoms with Gasteiger partial charge >= 0.3 is 0 Å². The normalized spacial score (nSPS) is 19.1. The van der Waals surface area contributed by atoms with Crippen molar-refractivity contribution in [1.29, 1.82) is 0 Å². The third kappa shape index (κ3) is 3.78. The van der Waals surface area contributed by atoms with Crippen LogP contribution in [0, 0.1) is 11.8 Å². The van der Waals surface area contributed by atoms with Gasteiger partial charge in [-0.2, -0.15) is 0 Å². The van der Waals surface area contributed by atoms with Gasteiger partial charge in [0.1, 0.15) is 0 Å². The van der Waals surface area contributed by atoms with Crippen molar-refractivity contribution in [2.24, 2.45) is 11.8 Å². The van der Waals surface area contributed by atoms with Crippen LogP contribution < -0.4 is 0 Å². The van der Waals surface area contributed by atoms with Crippen LogP contribution in [0.2, 0.25) is 0 Å². The number of nitrogens with zero attached hydrogens (tertiary/aromatic N) is 2. The Hall–Kier alpha value is -0.570. The molecule has 0 N–H and O–H groups in total. The van der Waals surface area contributed by atoms with E-state index in [9.17, 15) is 4.79 Å². The lowest BCUT2D eigenvalue weighted by atomic mass is 9.96. The van der Waals surface area contributed by atoms with Gasteiger partial charge in [-0.05, 0) is 38.4 Å². The molecule has 0 spiro atoms. The minimum absolute atomic E-state index is 0.126. The van der Waals surface area contributed by atoms with Crippen molar-refractivity contribution in [3.05, 3.63) is 0 Å². The van der Waals surface area contributed by atoms with Gasteiger partial charge in [-0.3, -0.25) is 4.79 Å². The SMILES string of the molecule is CCN1CCC(CN(C)C(=O)C(C)C)CC1. The summed E-state index contributed by atoms with van der Waals surface area (Å²) in [6, 6.07) is 0. The predicted molar refractivity (Wildman–Crippen MR) is 67.3 cm³/mol. The van der Waals surface area contributed by atoms with Gasteiger partial charge in [0.2, 0.25) is 5.91 Å². The average Bonchev–Trinajstić information content (AvgIpc) is 2.28. The van der Waals surface area contributed by atoms with Crippen LogP contribution >= 0.6 is 0 Å². The molecule has 1 aliphatic heterocycles. The standard InChI is InChI=1S/C13H26N2O/c1-5-15-8-6-12(7-9-15)10-14(4)13(16)11(2)3/h11-12H,5-10H2,1-4H3. The van der Waals surface area contributed by atoms with Gasteiger partial charge in [0, 0.05) is 19.5 Å². The van der Waals surface area contributed by atoms with Crippen LogP contribution in [0.15, 0.2) is 0 Å². The van der Waals surface area contributed by atoms with Crippen LogP contribution in [0.25, 0.3) is 0 Å². The quantitative estimate of drug-likeness (QED) is 0.730. The summed E-state index contributed by atoms with van der Waals surface area (Å²) < 4.78 is 0. The maximum absolute atomic E-state index is 11.8. The van der Waals surface area contributed by atoms with E-state index >= 15 is 0 Å². The third-order valence-electron chi connectivity index (χ3n) is 3.56. The lowest BCUT2D eigenvalue weighted by molar-refractivity contribution is -0.133. The van der Waals surface area contributed by atoms with E-state index in [1.165, 1.54) is 25.9 Å². The number of rotatable bonds is 4. The van der Waals surface area contributed by atoms with Gasteiger partial charge in [-0.1, -0.05) is 20.8 Å². The first-order valence-corrected chi connectivity index (χ1v) is 6.52. The zero-order valence-electron chi connectivity index (χ0n) is 11.2. The Balaban J connectivity index is 2.30. The highest BCUT2D eigenvalue weighted by Gasteiger charge is 2.21. The lowest BCUT2D eigenvalue weighted by Gasteiger charge is -2.33. The summed E-state index contributed by atoms with van der Waals surface area (Å²) in [6.07, 6.45) is 2.48. The Kier molecular flexibility index (Phi) is 5.26. The molecule has 1 saturated heterocycles. The number of likely N-dealkylation sites (tertiary alicyclic amines) is 1. The molecular weight excluding hydrogens is 200 g/mol. The average molecular weight is 226 g/mol. The minimum atomic E-state index is 0.126. The number of carbonyl (C=O) groups is 1. The number of carbonyl (C=O) groups excluding carboxylic acids is 1. The van der Waals surface area contributed by atoms with Crippen molar-refractivity contribution in [2.75, 3.05) is 33.2 Å². The Labute approximate surface area is 99.8 Å². The van der Waals surface area contributed by atoms with Gasteiger partial charge in [0.25, 0.3) is 0 Å². The molecule has 0 radical (unpaired) electrons. The highest BCUT2D eigenvalue weighted by Crippen LogP contribution is 2.18. The molecule has 0 aromatic heterocycles. The third-order valence-corrected chi connectivity index (χ3v) is 3.56. The second kappa shape index (κ2) is 6.24. The van der Waals surface area contributed by atoms with Crippen molar-refractivity contribution in [1.82, 2.24) is 9.80 Å². The molecule has 16 heavy (non-hydrogen) atoms. The van der Waals surface area contributed by atoms with Crippen molar-refractivity contribution < 1.29 is 4.79 Å². The lowest BCUT2D eigenvalue weighted by Crippen LogP contribution is -2.40. The summed E-state index contributed by atoms with van der Waals surface area (Å²) in [7, 11) is 1.94. The highest BCUT2D eigenvalue weighted by atomic mass is 16.2. The molecule has 0 atom stereocenters. The second-order valence-corrected chi connectivity index (χ2v) is 5.25. The summed E-state index contributed by atoms with van der Waals surface area (Å²) in [5.74, 6) is 1.11. The molecule has 1 heterocycles. The van der Waals surface area contributed by atoms with Crippen molar-refractivity contribution in [2.45, 2.75) is 33.6 Å². The van der Waals surface area contributed by atoms with Crippen molar-refractivity contribution >= 4 is 5.91 Å². The van der Waals surface area contributed by atoms with Gasteiger partial charge in [0.15, 0.2) is 0 Å². The fraction of sp³-hybridized carbons (Fsp3) is 0.923. The summed E-state index contributed by atoms with van der Waals surface area (Å²) in [5, 5.41) is 0. The second-order valence-electron chi connectivity index (χ2n) is 5.25. The fourth-order valence-electron chi connectivity index (χ4n) is 2.40. The molecule has 3 heteroatoms. The molecule has 0 aromatic rings. The molecule has 0 aliphatic carbocycles. The summed E-state index contributed by atoms with van der Waals surface area (Å²) in [6.45, 7) is 10.7. The Morgan fingerprint density at radius 2 is 1.94 bits per heavy atom. The molecule has 1 amide bonds. The molecule has 0 bridgehead atoms. The smallest absolute Gasteiger partial charge is 0.224 e. The van der Waals surface area contributed by atoms with Crippen LogP contribution in [0.4, 0.5) is 0 Å². The Morgan fingerprint density at radius 3 is 2.38 bits per heavy atom. The Morgan fingerprint density at radius 1 is 1.38 bits per heavy atom. The summed E-state index contributed by atoms with van der Waals surface area (Å²) in [5.41, 5.74) is 0. The number of piperidine rings is 1. The van der Waals surface area contributed by atoms with Crippen molar-refractivity contribution in [3.63, 3.8) is 0 Å². The van der Waals surface area contributed by atoms with Crippen LogP contribution in [0.3, 0.4) is 0 Å². The molecular formula is C13H26N2O. The number of hydrogen-bond acceptors (Lipinski definition) is 2. The van der Waals surface area contributed by atoms with E-state index in [0.29, 0.717) is 5.92 Å². The first kappa shape index (κ1) is 13.5. The molecule has 0 unspecified atom stereocenters. The maximum Gasteiger partial charge on any atom is 0.224 e.